The highest BCUT2D eigenvalue weighted by Gasteiger charge is 2.23. The molecule has 8 heteroatoms. The second kappa shape index (κ2) is 8.51. The monoisotopic (exact) mass is 425 g/mol. The average Bonchev–Trinajstić information content (AvgIpc) is 3.27. The summed E-state index contributed by atoms with van der Waals surface area (Å²) in [6, 6.07) is 13.6. The molecule has 0 spiro atoms. The number of rotatable bonds is 4. The van der Waals surface area contributed by atoms with Gasteiger partial charge in [0.25, 0.3) is 5.91 Å². The highest BCUT2D eigenvalue weighted by Crippen LogP contribution is 2.28. The number of ether oxygens (including phenoxy) is 1. The van der Waals surface area contributed by atoms with Crippen LogP contribution in [0.3, 0.4) is 0 Å². The Morgan fingerprint density at radius 2 is 1.97 bits per heavy atom. The van der Waals surface area contributed by atoms with Gasteiger partial charge in [0.2, 0.25) is 0 Å². The minimum atomic E-state index is -0.421. The molecule has 0 radical (unpaired) electrons. The van der Waals surface area contributed by atoms with Gasteiger partial charge < -0.3 is 24.7 Å². The molecule has 2 aromatic carbocycles. The quantitative estimate of drug-likeness (QED) is 0.629. The molecule has 7 nitrogen and oxygen atoms in total. The Balaban J connectivity index is 1.45. The van der Waals surface area contributed by atoms with E-state index in [1.54, 1.807) is 35.2 Å². The Bertz CT molecular complexity index is 1080. The highest BCUT2D eigenvalue weighted by atomic mass is 35.5. The summed E-state index contributed by atoms with van der Waals surface area (Å²) in [5.74, 6) is 0.685. The van der Waals surface area contributed by atoms with Crippen LogP contribution in [0.1, 0.15) is 21.7 Å². The predicted molar refractivity (Wildman–Crippen MR) is 114 cm³/mol. The van der Waals surface area contributed by atoms with Crippen LogP contribution in [0.15, 0.2) is 59.2 Å². The van der Waals surface area contributed by atoms with Gasteiger partial charge in [-0.25, -0.2) is 4.79 Å². The van der Waals surface area contributed by atoms with Crippen molar-refractivity contribution in [3.05, 3.63) is 76.7 Å². The number of nitrogens with zero attached hydrogens (tertiary/aromatic N) is 1. The van der Waals surface area contributed by atoms with Crippen molar-refractivity contribution in [3.8, 4) is 5.75 Å². The first-order chi connectivity index (χ1) is 14.5. The molecule has 1 aromatic heterocycles. The summed E-state index contributed by atoms with van der Waals surface area (Å²) in [5, 5.41) is 6.04. The molecule has 0 fully saturated rings. The lowest BCUT2D eigenvalue weighted by Gasteiger charge is -2.28. The number of nitrogens with one attached hydrogen (secondary N) is 2. The van der Waals surface area contributed by atoms with Crippen LogP contribution in [-0.4, -0.2) is 30.5 Å². The van der Waals surface area contributed by atoms with Gasteiger partial charge in [-0.3, -0.25) is 4.79 Å². The molecule has 2 N–H and O–H groups in total. The zero-order valence-electron chi connectivity index (χ0n) is 16.3. The van der Waals surface area contributed by atoms with Gasteiger partial charge in [-0.1, -0.05) is 17.7 Å². The number of hydrogen-bond donors (Lipinski definition) is 2. The number of methoxy groups -OCH3 is 1. The van der Waals surface area contributed by atoms with E-state index in [1.165, 1.54) is 13.4 Å². The van der Waals surface area contributed by atoms with Crippen LogP contribution in [0.4, 0.5) is 16.2 Å². The number of benzene rings is 2. The number of anilines is 2. The molecule has 0 atom stereocenters. The Kier molecular flexibility index (Phi) is 5.63. The van der Waals surface area contributed by atoms with Crippen molar-refractivity contribution in [2.45, 2.75) is 13.0 Å². The molecular formula is C22H20ClN3O4. The van der Waals surface area contributed by atoms with Crippen molar-refractivity contribution in [2.24, 2.45) is 0 Å². The Hall–Kier alpha value is -3.45. The molecule has 30 heavy (non-hydrogen) atoms. The minimum absolute atomic E-state index is 0.144. The fourth-order valence-corrected chi connectivity index (χ4v) is 3.60. The van der Waals surface area contributed by atoms with Gasteiger partial charge in [0.15, 0.2) is 5.76 Å². The van der Waals surface area contributed by atoms with Crippen molar-refractivity contribution < 1.29 is 18.7 Å². The molecule has 0 unspecified atom stereocenters. The summed E-state index contributed by atoms with van der Waals surface area (Å²) in [6.45, 7) is 1.07. The Morgan fingerprint density at radius 3 is 2.73 bits per heavy atom. The number of halogens is 1. The van der Waals surface area contributed by atoms with E-state index in [9.17, 15) is 9.59 Å². The van der Waals surface area contributed by atoms with Gasteiger partial charge >= 0.3 is 6.03 Å². The molecule has 1 aliphatic heterocycles. The first kappa shape index (κ1) is 19.8. The number of hydrogen-bond acceptors (Lipinski definition) is 4. The fourth-order valence-electron chi connectivity index (χ4n) is 3.43. The summed E-state index contributed by atoms with van der Waals surface area (Å²) in [6.07, 6.45) is 2.23. The topological polar surface area (TPSA) is 83.8 Å². The van der Waals surface area contributed by atoms with Crippen LogP contribution < -0.4 is 15.4 Å². The molecular weight excluding hydrogens is 406 g/mol. The standard InChI is InChI=1S/C22H20ClN3O4/c1-29-19-7-5-16(23)12-18(19)25-22(28)24-17-6-4-14-8-9-26(13-15(14)11-17)21(27)20-3-2-10-30-20/h2-7,10-12H,8-9,13H2,1H3,(H2,24,25,28). The van der Waals surface area contributed by atoms with E-state index in [0.29, 0.717) is 41.0 Å². The van der Waals surface area contributed by atoms with E-state index in [0.717, 1.165) is 17.5 Å². The number of furan rings is 1. The largest absolute Gasteiger partial charge is 0.495 e. The molecule has 2 heterocycles. The lowest BCUT2D eigenvalue weighted by molar-refractivity contribution is 0.0702. The van der Waals surface area contributed by atoms with Gasteiger partial charge in [-0.05, 0) is 60.0 Å². The Labute approximate surface area is 178 Å². The maximum Gasteiger partial charge on any atom is 0.323 e. The van der Waals surface area contributed by atoms with Crippen LogP contribution in [0, 0.1) is 0 Å². The van der Waals surface area contributed by atoms with E-state index >= 15 is 0 Å². The van der Waals surface area contributed by atoms with Crippen molar-refractivity contribution in [1.29, 1.82) is 0 Å². The maximum absolute atomic E-state index is 12.6. The number of carbonyl (C=O) groups is 2. The summed E-state index contributed by atoms with van der Waals surface area (Å²) in [5.41, 5.74) is 3.23. The van der Waals surface area contributed by atoms with Gasteiger partial charge in [0.1, 0.15) is 5.75 Å². The van der Waals surface area contributed by atoms with Crippen molar-refractivity contribution in [1.82, 2.24) is 4.90 Å². The molecule has 4 rings (SSSR count). The van der Waals surface area contributed by atoms with Crippen LogP contribution >= 0.6 is 11.6 Å². The van der Waals surface area contributed by atoms with Crippen molar-refractivity contribution >= 4 is 34.9 Å². The van der Waals surface area contributed by atoms with Crippen molar-refractivity contribution in [2.75, 3.05) is 24.3 Å². The molecule has 1 aliphatic rings. The van der Waals surface area contributed by atoms with E-state index in [4.69, 9.17) is 20.8 Å². The van der Waals surface area contributed by atoms with Gasteiger partial charge in [0.05, 0.1) is 19.1 Å². The molecule has 0 bridgehead atoms. The lowest BCUT2D eigenvalue weighted by Crippen LogP contribution is -2.35. The zero-order valence-corrected chi connectivity index (χ0v) is 17.0. The second-order valence-electron chi connectivity index (χ2n) is 6.86. The summed E-state index contributed by atoms with van der Waals surface area (Å²) in [7, 11) is 1.52. The number of carbonyl (C=O) groups excluding carboxylic acids is 2. The van der Waals surface area contributed by atoms with Gasteiger partial charge in [-0.2, -0.15) is 0 Å². The highest BCUT2D eigenvalue weighted by molar-refractivity contribution is 6.31. The normalized spacial score (nSPS) is 12.8. The van der Waals surface area contributed by atoms with Gasteiger partial charge in [-0.15, -0.1) is 0 Å². The molecule has 0 saturated carbocycles. The molecule has 0 saturated heterocycles. The third-order valence-corrected chi connectivity index (χ3v) is 5.14. The fraction of sp³-hybridized carbons (Fsp3) is 0.182. The van der Waals surface area contributed by atoms with Crippen LogP contribution in [-0.2, 0) is 13.0 Å². The zero-order chi connectivity index (χ0) is 21.1. The SMILES string of the molecule is COc1ccc(Cl)cc1NC(=O)Nc1ccc2c(c1)CN(C(=O)c1ccco1)CC2. The molecule has 3 aromatic rings. The lowest BCUT2D eigenvalue weighted by atomic mass is 9.99. The van der Waals surface area contributed by atoms with Crippen LogP contribution in [0.5, 0.6) is 5.75 Å². The smallest absolute Gasteiger partial charge is 0.323 e. The number of fused-ring (bicyclic) bond motifs is 1. The number of amides is 3. The van der Waals surface area contributed by atoms with E-state index in [-0.39, 0.29) is 5.91 Å². The van der Waals surface area contributed by atoms with Crippen LogP contribution in [0.2, 0.25) is 5.02 Å². The average molecular weight is 426 g/mol. The first-order valence-electron chi connectivity index (χ1n) is 9.39. The molecule has 3 amide bonds. The van der Waals surface area contributed by atoms with Crippen molar-refractivity contribution in [3.63, 3.8) is 0 Å². The minimum Gasteiger partial charge on any atom is -0.495 e. The van der Waals surface area contributed by atoms with Crippen LogP contribution in [0.25, 0.3) is 0 Å². The molecule has 154 valence electrons. The summed E-state index contributed by atoms with van der Waals surface area (Å²) in [4.78, 5) is 26.8. The summed E-state index contributed by atoms with van der Waals surface area (Å²) >= 11 is 6.01. The molecule has 0 aliphatic carbocycles. The first-order valence-corrected chi connectivity index (χ1v) is 9.77. The second-order valence-corrected chi connectivity index (χ2v) is 7.30. The predicted octanol–water partition coefficient (Wildman–Crippen LogP) is 4.78. The van der Waals surface area contributed by atoms with Gasteiger partial charge in [0, 0.05) is 23.8 Å². The van der Waals surface area contributed by atoms with E-state index in [1.807, 2.05) is 18.2 Å². The van der Waals surface area contributed by atoms with E-state index in [2.05, 4.69) is 10.6 Å². The third kappa shape index (κ3) is 4.26. The van der Waals surface area contributed by atoms with E-state index < -0.39 is 6.03 Å². The number of urea groups is 1. The Morgan fingerprint density at radius 1 is 1.10 bits per heavy atom. The third-order valence-electron chi connectivity index (χ3n) is 4.91. The summed E-state index contributed by atoms with van der Waals surface area (Å²) < 4.78 is 10.5. The maximum atomic E-state index is 12.6.